The Bertz CT molecular complexity index is 702. The topological polar surface area (TPSA) is 24.0 Å². The molecule has 1 atom stereocenters. The highest BCUT2D eigenvalue weighted by Crippen LogP contribution is 2.28. The molecular formula is C14H17F2N3S. The second-order valence-corrected chi connectivity index (χ2v) is 5.93. The number of likely N-dealkylation sites (N-methyl/N-ethyl adjacent to an activating group) is 1. The first kappa shape index (κ1) is 13.7. The minimum atomic E-state index is -0.844. The van der Waals surface area contributed by atoms with Crippen molar-refractivity contribution >= 4 is 23.3 Å². The quantitative estimate of drug-likeness (QED) is 0.874. The Kier molecular flexibility index (Phi) is 3.38. The van der Waals surface area contributed by atoms with Gasteiger partial charge in [0.25, 0.3) is 0 Å². The Labute approximate surface area is 121 Å². The lowest BCUT2D eigenvalue weighted by atomic mass is 10.2. The number of rotatable bonds is 4. The van der Waals surface area contributed by atoms with Gasteiger partial charge in [0.2, 0.25) is 0 Å². The van der Waals surface area contributed by atoms with Crippen molar-refractivity contribution in [2.45, 2.75) is 38.4 Å². The van der Waals surface area contributed by atoms with E-state index < -0.39 is 11.6 Å². The van der Waals surface area contributed by atoms with E-state index in [1.54, 1.807) is 4.57 Å². The van der Waals surface area contributed by atoms with Crippen LogP contribution in [0, 0.1) is 16.4 Å². The molecule has 0 bridgehead atoms. The number of halogens is 2. The largest absolute Gasteiger partial charge is 0.330 e. The molecule has 0 amide bonds. The summed E-state index contributed by atoms with van der Waals surface area (Å²) >= 11 is 5.24. The van der Waals surface area contributed by atoms with Gasteiger partial charge in [-0.25, -0.2) is 8.78 Å². The van der Waals surface area contributed by atoms with Gasteiger partial charge in [-0.15, -0.1) is 0 Å². The number of nitrogens with one attached hydrogen (secondary N) is 1. The van der Waals surface area contributed by atoms with Gasteiger partial charge in [-0.3, -0.25) is 4.90 Å². The first-order valence-electron chi connectivity index (χ1n) is 6.77. The van der Waals surface area contributed by atoms with E-state index in [-0.39, 0.29) is 11.6 Å². The van der Waals surface area contributed by atoms with E-state index in [2.05, 4.69) is 23.9 Å². The third-order valence-corrected chi connectivity index (χ3v) is 4.41. The van der Waals surface area contributed by atoms with E-state index in [0.29, 0.717) is 22.9 Å². The normalized spacial score (nSPS) is 17.1. The standard InChI is InChI=1S/C14H17F2N3S/c1-8(18(2)9-3-4-9)7-19-13-11(17-14(19)20)6-5-10(15)12(13)16/h5-6,8-9H,3-4,7H2,1-2H3,(H,17,20). The molecule has 3 rings (SSSR count). The molecule has 108 valence electrons. The average Bonchev–Trinajstić information content (AvgIpc) is 3.20. The molecule has 1 saturated carbocycles. The van der Waals surface area contributed by atoms with Crippen molar-refractivity contribution in [2.75, 3.05) is 7.05 Å². The van der Waals surface area contributed by atoms with Crippen molar-refractivity contribution in [1.29, 1.82) is 0 Å². The fourth-order valence-electron chi connectivity index (χ4n) is 2.60. The number of benzene rings is 1. The first-order chi connectivity index (χ1) is 9.49. The van der Waals surface area contributed by atoms with Crippen LogP contribution in [0.5, 0.6) is 0 Å². The van der Waals surface area contributed by atoms with E-state index >= 15 is 0 Å². The van der Waals surface area contributed by atoms with E-state index in [1.807, 2.05) is 0 Å². The molecule has 0 aliphatic heterocycles. The van der Waals surface area contributed by atoms with Crippen LogP contribution in [0.15, 0.2) is 12.1 Å². The minimum Gasteiger partial charge on any atom is -0.330 e. The average molecular weight is 297 g/mol. The molecule has 1 aliphatic carbocycles. The molecule has 6 heteroatoms. The van der Waals surface area contributed by atoms with Gasteiger partial charge in [-0.1, -0.05) is 0 Å². The number of H-pyrrole nitrogens is 1. The predicted molar refractivity (Wildman–Crippen MR) is 77.3 cm³/mol. The van der Waals surface area contributed by atoms with Crippen molar-refractivity contribution in [1.82, 2.24) is 14.5 Å². The van der Waals surface area contributed by atoms with Crippen LogP contribution >= 0.6 is 12.2 Å². The second-order valence-electron chi connectivity index (χ2n) is 5.54. The van der Waals surface area contributed by atoms with Crippen LogP contribution in [0.3, 0.4) is 0 Å². The van der Waals surface area contributed by atoms with Gasteiger partial charge in [0.05, 0.1) is 5.52 Å². The van der Waals surface area contributed by atoms with Gasteiger partial charge in [0, 0.05) is 18.6 Å². The summed E-state index contributed by atoms with van der Waals surface area (Å²) in [6, 6.07) is 3.48. The zero-order valence-electron chi connectivity index (χ0n) is 11.5. The number of hydrogen-bond donors (Lipinski definition) is 1. The molecule has 0 saturated heterocycles. The Morgan fingerprint density at radius 1 is 1.45 bits per heavy atom. The number of aromatic amines is 1. The summed E-state index contributed by atoms with van der Waals surface area (Å²) in [5, 5.41) is 0. The van der Waals surface area contributed by atoms with E-state index in [1.165, 1.54) is 18.9 Å². The van der Waals surface area contributed by atoms with Gasteiger partial charge in [0.15, 0.2) is 16.4 Å². The first-order valence-corrected chi connectivity index (χ1v) is 7.18. The van der Waals surface area contributed by atoms with Crippen LogP contribution in [-0.2, 0) is 6.54 Å². The highest BCUT2D eigenvalue weighted by Gasteiger charge is 2.29. The van der Waals surface area contributed by atoms with E-state index in [0.717, 1.165) is 6.07 Å². The molecule has 1 N–H and O–H groups in total. The van der Waals surface area contributed by atoms with Crippen molar-refractivity contribution in [3.8, 4) is 0 Å². The second kappa shape index (κ2) is 4.93. The van der Waals surface area contributed by atoms with Crippen molar-refractivity contribution in [3.05, 3.63) is 28.5 Å². The number of aromatic nitrogens is 2. The third-order valence-electron chi connectivity index (χ3n) is 4.09. The van der Waals surface area contributed by atoms with Crippen molar-refractivity contribution < 1.29 is 8.78 Å². The maximum absolute atomic E-state index is 14.0. The van der Waals surface area contributed by atoms with E-state index in [4.69, 9.17) is 12.2 Å². The summed E-state index contributed by atoms with van der Waals surface area (Å²) in [7, 11) is 2.07. The maximum atomic E-state index is 14.0. The van der Waals surface area contributed by atoms with Crippen LogP contribution in [0.2, 0.25) is 0 Å². The van der Waals surface area contributed by atoms with Crippen LogP contribution in [-0.4, -0.2) is 33.6 Å². The lowest BCUT2D eigenvalue weighted by Gasteiger charge is -2.25. The number of fused-ring (bicyclic) bond motifs is 1. The molecule has 1 unspecified atom stereocenters. The highest BCUT2D eigenvalue weighted by atomic mass is 32.1. The number of imidazole rings is 1. The lowest BCUT2D eigenvalue weighted by Crippen LogP contribution is -2.34. The monoisotopic (exact) mass is 297 g/mol. The van der Waals surface area contributed by atoms with Gasteiger partial charge in [-0.2, -0.15) is 0 Å². The smallest absolute Gasteiger partial charge is 0.184 e. The molecule has 1 aromatic heterocycles. The van der Waals surface area contributed by atoms with Crippen molar-refractivity contribution in [2.24, 2.45) is 0 Å². The summed E-state index contributed by atoms with van der Waals surface area (Å²) in [4.78, 5) is 5.21. The van der Waals surface area contributed by atoms with Crippen molar-refractivity contribution in [3.63, 3.8) is 0 Å². The molecule has 3 nitrogen and oxygen atoms in total. The molecule has 20 heavy (non-hydrogen) atoms. The summed E-state index contributed by atoms with van der Waals surface area (Å²) in [6.45, 7) is 2.63. The highest BCUT2D eigenvalue weighted by molar-refractivity contribution is 7.71. The minimum absolute atomic E-state index is 0.218. The zero-order chi connectivity index (χ0) is 14.4. The summed E-state index contributed by atoms with van der Waals surface area (Å²) in [6.07, 6.45) is 2.42. The molecular weight excluding hydrogens is 280 g/mol. The fraction of sp³-hybridized carbons (Fsp3) is 0.500. The predicted octanol–water partition coefficient (Wildman–Crippen LogP) is 3.46. The molecule has 0 spiro atoms. The summed E-state index contributed by atoms with van der Waals surface area (Å²) in [5.41, 5.74) is 0.765. The lowest BCUT2D eigenvalue weighted by molar-refractivity contribution is 0.226. The van der Waals surface area contributed by atoms with Gasteiger partial charge < -0.3 is 9.55 Å². The molecule has 1 fully saturated rings. The zero-order valence-corrected chi connectivity index (χ0v) is 12.3. The molecule has 1 aliphatic rings. The van der Waals surface area contributed by atoms with Crippen LogP contribution in [0.25, 0.3) is 11.0 Å². The number of nitrogens with zero attached hydrogens (tertiary/aromatic N) is 2. The molecule has 0 radical (unpaired) electrons. The molecule has 1 heterocycles. The van der Waals surface area contributed by atoms with Crippen LogP contribution < -0.4 is 0 Å². The Hall–Kier alpha value is -1.27. The Balaban J connectivity index is 2.00. The van der Waals surface area contributed by atoms with E-state index in [9.17, 15) is 8.78 Å². The summed E-state index contributed by atoms with van der Waals surface area (Å²) < 4.78 is 29.5. The number of hydrogen-bond acceptors (Lipinski definition) is 2. The SMILES string of the molecule is CC(Cn1c(=S)[nH]c2ccc(F)c(F)c21)N(C)C1CC1. The van der Waals surface area contributed by atoms with Crippen LogP contribution in [0.4, 0.5) is 8.78 Å². The Morgan fingerprint density at radius 2 is 2.15 bits per heavy atom. The van der Waals surface area contributed by atoms with Gasteiger partial charge in [-0.05, 0) is 51.2 Å². The fourth-order valence-corrected chi connectivity index (χ4v) is 2.87. The molecule has 1 aromatic carbocycles. The maximum Gasteiger partial charge on any atom is 0.184 e. The Morgan fingerprint density at radius 3 is 2.80 bits per heavy atom. The third kappa shape index (κ3) is 2.27. The van der Waals surface area contributed by atoms with Gasteiger partial charge in [0.1, 0.15) is 5.52 Å². The van der Waals surface area contributed by atoms with Gasteiger partial charge >= 0.3 is 0 Å². The summed E-state index contributed by atoms with van der Waals surface area (Å²) in [5.74, 6) is -1.68. The molecule has 2 aromatic rings. The van der Waals surface area contributed by atoms with Crippen LogP contribution in [0.1, 0.15) is 19.8 Å².